The predicted octanol–water partition coefficient (Wildman–Crippen LogP) is 1.43. The number of aromatic nitrogens is 1. The molecule has 1 saturated heterocycles. The molecule has 1 aromatic carbocycles. The summed E-state index contributed by atoms with van der Waals surface area (Å²) in [6.07, 6.45) is 3.04. The number of halogens is 1. The Morgan fingerprint density at radius 3 is 2.61 bits per heavy atom. The Morgan fingerprint density at radius 2 is 2.00 bits per heavy atom. The molecule has 31 heavy (non-hydrogen) atoms. The molecule has 2 amide bonds. The molecule has 3 rings (SSSR count). The Bertz CT molecular complexity index is 1090. The quantitative estimate of drug-likeness (QED) is 0.687. The highest BCUT2D eigenvalue weighted by Crippen LogP contribution is 2.23. The number of hydrogen-bond acceptors (Lipinski definition) is 6. The van der Waals surface area contributed by atoms with Gasteiger partial charge in [-0.2, -0.15) is 0 Å². The van der Waals surface area contributed by atoms with Gasteiger partial charge < -0.3 is 16.0 Å². The Morgan fingerprint density at radius 1 is 1.26 bits per heavy atom. The number of carbonyl (C=O) groups excluding carboxylic acids is 2. The van der Waals surface area contributed by atoms with Crippen LogP contribution in [0.4, 0.5) is 15.9 Å². The molecule has 0 spiro atoms. The smallest absolute Gasteiger partial charge is 0.255 e. The van der Waals surface area contributed by atoms with Crippen LogP contribution in [-0.4, -0.2) is 56.7 Å². The van der Waals surface area contributed by atoms with Crippen LogP contribution in [0.25, 0.3) is 0 Å². The number of rotatable bonds is 6. The summed E-state index contributed by atoms with van der Waals surface area (Å²) in [6.45, 7) is 1.24. The molecule has 1 aromatic heterocycles. The van der Waals surface area contributed by atoms with Gasteiger partial charge in [-0.3, -0.25) is 9.59 Å². The van der Waals surface area contributed by atoms with Gasteiger partial charge in [0.2, 0.25) is 15.9 Å². The van der Waals surface area contributed by atoms with E-state index in [1.54, 1.807) is 12.1 Å². The zero-order valence-corrected chi connectivity index (χ0v) is 18.0. The molecule has 9 nitrogen and oxygen atoms in total. The van der Waals surface area contributed by atoms with Gasteiger partial charge >= 0.3 is 0 Å². The maximum Gasteiger partial charge on any atom is 0.255 e. The van der Waals surface area contributed by atoms with Crippen LogP contribution >= 0.6 is 0 Å². The molecule has 3 N–H and O–H groups in total. The lowest BCUT2D eigenvalue weighted by atomic mass is 9.97. The van der Waals surface area contributed by atoms with Crippen molar-refractivity contribution < 1.29 is 22.4 Å². The first-order chi connectivity index (χ1) is 14.6. The molecule has 11 heteroatoms. The largest absolute Gasteiger partial charge is 0.369 e. The van der Waals surface area contributed by atoms with E-state index in [2.05, 4.69) is 10.3 Å². The third kappa shape index (κ3) is 5.00. The monoisotopic (exact) mass is 449 g/mol. The standard InChI is InChI=1S/C20H24FN5O4S/c1-25(2)31(29,30)17-10-13(5-7-16(17)21)20(28)24-15-6-8-18(23-11-15)26-9-3-4-14(12-26)19(22)27/h5-8,10-11,14H,3-4,9,12H2,1-2H3,(H2,22,27)(H,24,28). The number of primary amides is 1. The van der Waals surface area contributed by atoms with E-state index in [-0.39, 0.29) is 17.4 Å². The van der Waals surface area contributed by atoms with Gasteiger partial charge in [-0.1, -0.05) is 0 Å². The van der Waals surface area contributed by atoms with Gasteiger partial charge in [-0.15, -0.1) is 0 Å². The van der Waals surface area contributed by atoms with Crippen molar-refractivity contribution in [1.82, 2.24) is 9.29 Å². The fourth-order valence-corrected chi connectivity index (χ4v) is 4.29. The van der Waals surface area contributed by atoms with E-state index in [1.165, 1.54) is 26.4 Å². The summed E-state index contributed by atoms with van der Waals surface area (Å²) in [6, 6.07) is 6.51. The van der Waals surface area contributed by atoms with E-state index in [4.69, 9.17) is 5.73 Å². The average Bonchev–Trinajstić information content (AvgIpc) is 2.74. The van der Waals surface area contributed by atoms with Gasteiger partial charge in [0.05, 0.1) is 17.8 Å². The van der Waals surface area contributed by atoms with E-state index in [9.17, 15) is 22.4 Å². The molecule has 2 heterocycles. The Balaban J connectivity index is 1.74. The topological polar surface area (TPSA) is 126 Å². The van der Waals surface area contributed by atoms with Crippen LogP contribution in [0.5, 0.6) is 0 Å². The molecule has 0 aliphatic carbocycles. The van der Waals surface area contributed by atoms with E-state index < -0.39 is 26.6 Å². The van der Waals surface area contributed by atoms with E-state index in [0.29, 0.717) is 18.1 Å². The van der Waals surface area contributed by atoms with Crippen LogP contribution in [0.15, 0.2) is 41.4 Å². The van der Waals surface area contributed by atoms with Crippen LogP contribution in [-0.2, 0) is 14.8 Å². The van der Waals surface area contributed by atoms with Crippen LogP contribution in [0.2, 0.25) is 0 Å². The molecule has 1 aliphatic heterocycles. The number of hydrogen-bond donors (Lipinski definition) is 2. The van der Waals surface area contributed by atoms with Crippen molar-refractivity contribution in [2.45, 2.75) is 17.7 Å². The van der Waals surface area contributed by atoms with Gasteiger partial charge in [0, 0.05) is 32.7 Å². The van der Waals surface area contributed by atoms with Crippen molar-refractivity contribution in [3.05, 3.63) is 47.9 Å². The Kier molecular flexibility index (Phi) is 6.56. The highest BCUT2D eigenvalue weighted by atomic mass is 32.2. The van der Waals surface area contributed by atoms with Crippen molar-refractivity contribution in [3.8, 4) is 0 Å². The van der Waals surface area contributed by atoms with Crippen molar-refractivity contribution in [3.63, 3.8) is 0 Å². The van der Waals surface area contributed by atoms with Crippen LogP contribution in [0.1, 0.15) is 23.2 Å². The minimum absolute atomic E-state index is 0.00812. The fraction of sp³-hybridized carbons (Fsp3) is 0.350. The number of sulfonamides is 1. The first-order valence-corrected chi connectivity index (χ1v) is 11.1. The third-order valence-corrected chi connectivity index (χ3v) is 6.94. The number of nitrogens with zero attached hydrogens (tertiary/aromatic N) is 3. The summed E-state index contributed by atoms with van der Waals surface area (Å²) in [7, 11) is -1.48. The third-order valence-electron chi connectivity index (χ3n) is 5.11. The van der Waals surface area contributed by atoms with Crippen molar-refractivity contribution in [1.29, 1.82) is 0 Å². The van der Waals surface area contributed by atoms with Crippen molar-refractivity contribution in [2.24, 2.45) is 11.7 Å². The molecule has 0 bridgehead atoms. The molecule has 1 fully saturated rings. The summed E-state index contributed by atoms with van der Waals surface area (Å²) in [4.78, 5) is 29.7. The highest BCUT2D eigenvalue weighted by molar-refractivity contribution is 7.89. The summed E-state index contributed by atoms with van der Waals surface area (Å²) >= 11 is 0. The summed E-state index contributed by atoms with van der Waals surface area (Å²) < 4.78 is 39.4. The maximum absolute atomic E-state index is 14.0. The van der Waals surface area contributed by atoms with Gasteiger partial charge in [0.1, 0.15) is 16.5 Å². The van der Waals surface area contributed by atoms with Gasteiger partial charge in [-0.05, 0) is 43.2 Å². The number of amides is 2. The summed E-state index contributed by atoms with van der Waals surface area (Å²) in [5.74, 6) is -1.43. The highest BCUT2D eigenvalue weighted by Gasteiger charge is 2.25. The molecule has 0 radical (unpaired) electrons. The zero-order valence-electron chi connectivity index (χ0n) is 17.2. The van der Waals surface area contributed by atoms with Crippen LogP contribution in [0, 0.1) is 11.7 Å². The zero-order chi connectivity index (χ0) is 22.8. The number of anilines is 2. The average molecular weight is 450 g/mol. The minimum atomic E-state index is -4.04. The van der Waals surface area contributed by atoms with Gasteiger partial charge in [0.15, 0.2) is 0 Å². The number of nitrogens with one attached hydrogen (secondary N) is 1. The lowest BCUT2D eigenvalue weighted by Gasteiger charge is -2.32. The Hall–Kier alpha value is -3.05. The first-order valence-electron chi connectivity index (χ1n) is 9.63. The normalized spacial score (nSPS) is 16.9. The number of pyridine rings is 1. The second-order valence-electron chi connectivity index (χ2n) is 7.48. The maximum atomic E-state index is 14.0. The van der Waals surface area contributed by atoms with Gasteiger partial charge in [0.25, 0.3) is 5.91 Å². The minimum Gasteiger partial charge on any atom is -0.369 e. The molecular formula is C20H24FN5O4S. The first kappa shape index (κ1) is 22.6. The second-order valence-corrected chi connectivity index (χ2v) is 9.60. The molecule has 0 saturated carbocycles. The van der Waals surface area contributed by atoms with Gasteiger partial charge in [-0.25, -0.2) is 22.1 Å². The number of carbonyl (C=O) groups is 2. The van der Waals surface area contributed by atoms with E-state index in [0.717, 1.165) is 35.8 Å². The molecule has 2 aromatic rings. The molecule has 1 unspecified atom stereocenters. The molecular weight excluding hydrogens is 425 g/mol. The van der Waals surface area contributed by atoms with Crippen LogP contribution < -0.4 is 16.0 Å². The van der Waals surface area contributed by atoms with Crippen molar-refractivity contribution in [2.75, 3.05) is 37.4 Å². The lowest BCUT2D eigenvalue weighted by molar-refractivity contribution is -0.122. The summed E-state index contributed by atoms with van der Waals surface area (Å²) in [5, 5.41) is 2.62. The number of benzene rings is 1. The Labute approximate surface area is 180 Å². The predicted molar refractivity (Wildman–Crippen MR) is 114 cm³/mol. The SMILES string of the molecule is CN(C)S(=O)(=O)c1cc(C(=O)Nc2ccc(N3CCCC(C(N)=O)C3)nc2)ccc1F. The molecule has 1 aliphatic rings. The van der Waals surface area contributed by atoms with Crippen LogP contribution in [0.3, 0.4) is 0 Å². The van der Waals surface area contributed by atoms with E-state index >= 15 is 0 Å². The second kappa shape index (κ2) is 8.98. The number of nitrogens with two attached hydrogens (primary N) is 1. The lowest BCUT2D eigenvalue weighted by Crippen LogP contribution is -2.41. The van der Waals surface area contributed by atoms with Crippen molar-refractivity contribution >= 4 is 33.3 Å². The summed E-state index contributed by atoms with van der Waals surface area (Å²) in [5.41, 5.74) is 5.79. The molecule has 166 valence electrons. The number of piperidine rings is 1. The molecule has 1 atom stereocenters. The van der Waals surface area contributed by atoms with E-state index in [1.807, 2.05) is 4.90 Å². The fourth-order valence-electron chi connectivity index (χ4n) is 3.31.